The predicted octanol–water partition coefficient (Wildman–Crippen LogP) is 2.18. The smallest absolute Gasteiger partial charge is 0.225 e. The molecular weight excluding hydrogens is 240 g/mol. The largest absolute Gasteiger partial charge is 0.494 e. The van der Waals surface area contributed by atoms with Gasteiger partial charge in [-0.2, -0.15) is 0 Å². The van der Waals surface area contributed by atoms with Gasteiger partial charge in [0.1, 0.15) is 5.75 Å². The fraction of sp³-hybridized carbons (Fsp3) is 0.417. The second kappa shape index (κ2) is 8.84. The molecule has 0 aromatic heterocycles. The first-order valence-corrected chi connectivity index (χ1v) is 5.49. The van der Waals surface area contributed by atoms with E-state index in [-0.39, 0.29) is 18.3 Å². The average Bonchev–Trinajstić information content (AvgIpc) is 2.28. The molecule has 0 aliphatic carbocycles. The molecule has 0 saturated carbocycles. The Hall–Kier alpha value is -1.26. The number of hydrogen-bond donors (Lipinski definition) is 2. The normalized spacial score (nSPS) is 9.29. The number of ether oxygens (including phenoxy) is 1. The molecule has 3 N–H and O–H groups in total. The Balaban J connectivity index is 0.00000256. The van der Waals surface area contributed by atoms with Crippen LogP contribution < -0.4 is 15.8 Å². The fourth-order valence-electron chi connectivity index (χ4n) is 1.21. The van der Waals surface area contributed by atoms with E-state index in [9.17, 15) is 4.79 Å². The van der Waals surface area contributed by atoms with Crippen molar-refractivity contribution >= 4 is 24.0 Å². The van der Waals surface area contributed by atoms with Crippen LogP contribution in [0.15, 0.2) is 24.3 Å². The lowest BCUT2D eigenvalue weighted by molar-refractivity contribution is -0.116. The Kier molecular flexibility index (Phi) is 8.19. The van der Waals surface area contributed by atoms with E-state index < -0.39 is 0 Å². The van der Waals surface area contributed by atoms with E-state index in [0.29, 0.717) is 19.6 Å². The monoisotopic (exact) mass is 258 g/mol. The Morgan fingerprint density at radius 2 is 2.00 bits per heavy atom. The summed E-state index contributed by atoms with van der Waals surface area (Å²) < 4.78 is 5.43. The molecule has 0 aliphatic heterocycles. The maximum atomic E-state index is 11.2. The summed E-state index contributed by atoms with van der Waals surface area (Å²) in [5.41, 5.74) is 6.05. The molecule has 1 aromatic carbocycles. The van der Waals surface area contributed by atoms with Gasteiger partial charge in [-0.15, -0.1) is 12.4 Å². The minimum Gasteiger partial charge on any atom is -0.494 e. The second-order valence-electron chi connectivity index (χ2n) is 3.46. The van der Waals surface area contributed by atoms with Crippen molar-refractivity contribution in [2.24, 2.45) is 5.73 Å². The van der Waals surface area contributed by atoms with Crippen LogP contribution in [0.2, 0.25) is 0 Å². The standard InChI is InChI=1S/C12H18N2O2.ClH/c1-2-9-16-11-5-3-10(4-6-11)14-12(15)7-8-13;/h3-6H,2,7-9,13H2,1H3,(H,14,15);1H. The summed E-state index contributed by atoms with van der Waals surface area (Å²) in [6, 6.07) is 7.32. The van der Waals surface area contributed by atoms with Gasteiger partial charge in [0, 0.05) is 18.7 Å². The molecule has 4 nitrogen and oxygen atoms in total. The summed E-state index contributed by atoms with van der Waals surface area (Å²) in [5.74, 6) is 0.753. The number of hydrogen-bond acceptors (Lipinski definition) is 3. The van der Waals surface area contributed by atoms with Crippen molar-refractivity contribution in [3.63, 3.8) is 0 Å². The van der Waals surface area contributed by atoms with Crippen LogP contribution in [0.4, 0.5) is 5.69 Å². The van der Waals surface area contributed by atoms with Gasteiger partial charge in [-0.1, -0.05) is 6.92 Å². The molecule has 96 valence electrons. The highest BCUT2D eigenvalue weighted by molar-refractivity contribution is 5.90. The lowest BCUT2D eigenvalue weighted by Gasteiger charge is -2.07. The number of nitrogens with one attached hydrogen (secondary N) is 1. The third-order valence-electron chi connectivity index (χ3n) is 1.98. The summed E-state index contributed by atoms with van der Waals surface area (Å²) in [4.78, 5) is 11.2. The molecule has 0 radical (unpaired) electrons. The van der Waals surface area contributed by atoms with E-state index in [1.807, 2.05) is 24.3 Å². The number of anilines is 1. The molecule has 0 fully saturated rings. The number of rotatable bonds is 6. The van der Waals surface area contributed by atoms with Gasteiger partial charge in [0.05, 0.1) is 6.61 Å². The molecule has 1 amide bonds. The first-order chi connectivity index (χ1) is 7.76. The van der Waals surface area contributed by atoms with E-state index in [2.05, 4.69) is 12.2 Å². The van der Waals surface area contributed by atoms with Gasteiger partial charge in [-0.3, -0.25) is 4.79 Å². The molecule has 1 aromatic rings. The molecule has 0 spiro atoms. The SMILES string of the molecule is CCCOc1ccc(NC(=O)CCN)cc1.Cl. The summed E-state index contributed by atoms with van der Waals surface area (Å²) in [6.07, 6.45) is 1.32. The topological polar surface area (TPSA) is 64.3 Å². The Labute approximate surface area is 108 Å². The molecule has 0 heterocycles. The molecular formula is C12H19ClN2O2. The average molecular weight is 259 g/mol. The molecule has 1 rings (SSSR count). The van der Waals surface area contributed by atoms with Crippen LogP contribution >= 0.6 is 12.4 Å². The van der Waals surface area contributed by atoms with Crippen LogP contribution in [0.3, 0.4) is 0 Å². The molecule has 5 heteroatoms. The molecule has 0 bridgehead atoms. The van der Waals surface area contributed by atoms with E-state index in [4.69, 9.17) is 10.5 Å². The number of nitrogens with two attached hydrogens (primary N) is 1. The summed E-state index contributed by atoms with van der Waals surface area (Å²) in [7, 11) is 0. The van der Waals surface area contributed by atoms with Gasteiger partial charge in [0.25, 0.3) is 0 Å². The third-order valence-corrected chi connectivity index (χ3v) is 1.98. The maximum Gasteiger partial charge on any atom is 0.225 e. The van der Waals surface area contributed by atoms with Crippen molar-refractivity contribution in [2.75, 3.05) is 18.5 Å². The maximum absolute atomic E-state index is 11.2. The quantitative estimate of drug-likeness (QED) is 0.822. The first-order valence-electron chi connectivity index (χ1n) is 5.49. The number of carbonyl (C=O) groups is 1. The van der Waals surface area contributed by atoms with E-state index in [1.54, 1.807) is 0 Å². The van der Waals surface area contributed by atoms with Crippen LogP contribution in [-0.4, -0.2) is 19.1 Å². The van der Waals surface area contributed by atoms with Crippen molar-refractivity contribution in [3.05, 3.63) is 24.3 Å². The zero-order valence-corrected chi connectivity index (χ0v) is 10.8. The number of benzene rings is 1. The van der Waals surface area contributed by atoms with Crippen LogP contribution in [0.5, 0.6) is 5.75 Å². The van der Waals surface area contributed by atoms with Gasteiger partial charge in [0.15, 0.2) is 0 Å². The number of halogens is 1. The molecule has 0 unspecified atom stereocenters. The molecule has 0 aliphatic rings. The van der Waals surface area contributed by atoms with Crippen molar-refractivity contribution in [2.45, 2.75) is 19.8 Å². The highest BCUT2D eigenvalue weighted by Crippen LogP contribution is 2.15. The minimum atomic E-state index is -0.0651. The Morgan fingerprint density at radius 1 is 1.35 bits per heavy atom. The van der Waals surface area contributed by atoms with Crippen molar-refractivity contribution in [1.29, 1.82) is 0 Å². The summed E-state index contributed by atoms with van der Waals surface area (Å²) in [5, 5.41) is 2.75. The Bertz CT molecular complexity index is 328. The van der Waals surface area contributed by atoms with Crippen LogP contribution in [0, 0.1) is 0 Å². The zero-order chi connectivity index (χ0) is 11.8. The lowest BCUT2D eigenvalue weighted by atomic mass is 10.3. The van der Waals surface area contributed by atoms with Gasteiger partial charge in [-0.25, -0.2) is 0 Å². The molecule has 17 heavy (non-hydrogen) atoms. The van der Waals surface area contributed by atoms with Crippen LogP contribution in [0.25, 0.3) is 0 Å². The van der Waals surface area contributed by atoms with Gasteiger partial charge in [0.2, 0.25) is 5.91 Å². The van der Waals surface area contributed by atoms with E-state index in [1.165, 1.54) is 0 Å². The fourth-order valence-corrected chi connectivity index (χ4v) is 1.21. The minimum absolute atomic E-state index is 0. The summed E-state index contributed by atoms with van der Waals surface area (Å²) in [6.45, 7) is 3.13. The molecule has 0 saturated heterocycles. The lowest BCUT2D eigenvalue weighted by Crippen LogP contribution is -2.16. The third kappa shape index (κ3) is 6.14. The highest BCUT2D eigenvalue weighted by Gasteiger charge is 2.00. The van der Waals surface area contributed by atoms with Crippen LogP contribution in [-0.2, 0) is 4.79 Å². The zero-order valence-electron chi connectivity index (χ0n) is 9.94. The first kappa shape index (κ1) is 15.7. The number of amides is 1. The van der Waals surface area contributed by atoms with Crippen molar-refractivity contribution in [1.82, 2.24) is 0 Å². The van der Waals surface area contributed by atoms with Crippen molar-refractivity contribution < 1.29 is 9.53 Å². The predicted molar refractivity (Wildman–Crippen MR) is 71.8 cm³/mol. The van der Waals surface area contributed by atoms with Gasteiger partial charge >= 0.3 is 0 Å². The Morgan fingerprint density at radius 3 is 2.53 bits per heavy atom. The molecule has 0 atom stereocenters. The second-order valence-corrected chi connectivity index (χ2v) is 3.46. The highest BCUT2D eigenvalue weighted by atomic mass is 35.5. The van der Waals surface area contributed by atoms with Crippen molar-refractivity contribution in [3.8, 4) is 5.75 Å². The number of carbonyl (C=O) groups excluding carboxylic acids is 1. The van der Waals surface area contributed by atoms with E-state index >= 15 is 0 Å². The van der Waals surface area contributed by atoms with E-state index in [0.717, 1.165) is 17.9 Å². The van der Waals surface area contributed by atoms with Crippen LogP contribution in [0.1, 0.15) is 19.8 Å². The van der Waals surface area contributed by atoms with Gasteiger partial charge in [-0.05, 0) is 30.7 Å². The van der Waals surface area contributed by atoms with Gasteiger partial charge < -0.3 is 15.8 Å². The summed E-state index contributed by atoms with van der Waals surface area (Å²) >= 11 is 0.